The van der Waals surface area contributed by atoms with Crippen molar-refractivity contribution >= 4 is 17.3 Å². The molecule has 2 N–H and O–H groups in total. The van der Waals surface area contributed by atoms with E-state index >= 15 is 0 Å². The van der Waals surface area contributed by atoms with Gasteiger partial charge in [0, 0.05) is 18.3 Å². The lowest BCUT2D eigenvalue weighted by Gasteiger charge is -2.08. The highest BCUT2D eigenvalue weighted by Gasteiger charge is 1.99. The number of hydrogen-bond acceptors (Lipinski definition) is 4. The average Bonchev–Trinajstić information content (AvgIpc) is 2.47. The van der Waals surface area contributed by atoms with Crippen molar-refractivity contribution in [2.24, 2.45) is 0 Å². The third-order valence-corrected chi connectivity index (χ3v) is 3.08. The van der Waals surface area contributed by atoms with E-state index in [9.17, 15) is 0 Å². The number of aromatic nitrogens is 2. The van der Waals surface area contributed by atoms with Crippen molar-refractivity contribution in [2.45, 2.75) is 33.1 Å². The van der Waals surface area contributed by atoms with E-state index in [1.54, 1.807) is 6.33 Å². The van der Waals surface area contributed by atoms with Gasteiger partial charge in [-0.15, -0.1) is 0 Å². The molecule has 0 saturated heterocycles. The molecule has 0 spiro atoms. The Bertz CT molecular complexity index is 522. The summed E-state index contributed by atoms with van der Waals surface area (Å²) < 4.78 is 0. The fourth-order valence-electron chi connectivity index (χ4n) is 1.90. The molecule has 4 heteroatoms. The van der Waals surface area contributed by atoms with Gasteiger partial charge >= 0.3 is 0 Å². The summed E-state index contributed by atoms with van der Waals surface area (Å²) in [5.74, 6) is 1.67. The van der Waals surface area contributed by atoms with Crippen molar-refractivity contribution in [1.82, 2.24) is 9.97 Å². The molecule has 0 atom stereocenters. The molecule has 4 nitrogen and oxygen atoms in total. The van der Waals surface area contributed by atoms with Gasteiger partial charge in [-0.25, -0.2) is 9.97 Å². The summed E-state index contributed by atoms with van der Waals surface area (Å²) in [4.78, 5) is 8.47. The number of nitrogens with zero attached hydrogens (tertiary/aromatic N) is 2. The number of hydrogen-bond donors (Lipinski definition) is 2. The summed E-state index contributed by atoms with van der Waals surface area (Å²) in [7, 11) is 0. The van der Waals surface area contributed by atoms with Crippen molar-refractivity contribution in [3.05, 3.63) is 42.2 Å². The Kier molecular flexibility index (Phi) is 5.35. The highest BCUT2D eigenvalue weighted by atomic mass is 15.1. The van der Waals surface area contributed by atoms with Crippen molar-refractivity contribution in [3.63, 3.8) is 0 Å². The van der Waals surface area contributed by atoms with Gasteiger partial charge in [-0.2, -0.15) is 0 Å². The molecule has 1 aromatic carbocycles. The third kappa shape index (κ3) is 4.53. The first-order chi connectivity index (χ1) is 9.78. The topological polar surface area (TPSA) is 49.8 Å². The lowest BCUT2D eigenvalue weighted by molar-refractivity contribution is 0.742. The molecule has 0 aliphatic rings. The van der Waals surface area contributed by atoms with Crippen LogP contribution in [-0.4, -0.2) is 16.5 Å². The van der Waals surface area contributed by atoms with Crippen LogP contribution in [0.3, 0.4) is 0 Å². The highest BCUT2D eigenvalue weighted by molar-refractivity contribution is 5.58. The summed E-state index contributed by atoms with van der Waals surface area (Å²) in [6.07, 6.45) is 5.22. The maximum Gasteiger partial charge on any atom is 0.135 e. The van der Waals surface area contributed by atoms with Gasteiger partial charge < -0.3 is 10.6 Å². The van der Waals surface area contributed by atoms with Crippen LogP contribution in [0.25, 0.3) is 0 Å². The fraction of sp³-hybridized carbons (Fsp3) is 0.375. The minimum absolute atomic E-state index is 0.807. The summed E-state index contributed by atoms with van der Waals surface area (Å²) >= 11 is 0. The monoisotopic (exact) mass is 270 g/mol. The standard InChI is InChI=1S/C16H22N4/c1-3-4-5-10-17-15-11-16(19-12-18-15)20-14-8-6-13(2)7-9-14/h6-9,11-12H,3-5,10H2,1-2H3,(H2,17,18,19,20). The van der Waals surface area contributed by atoms with E-state index in [0.717, 1.165) is 23.9 Å². The Morgan fingerprint density at radius 3 is 2.50 bits per heavy atom. The summed E-state index contributed by atoms with van der Waals surface area (Å²) in [5.41, 5.74) is 2.28. The fourth-order valence-corrected chi connectivity index (χ4v) is 1.90. The number of aryl methyl sites for hydroxylation is 1. The maximum atomic E-state index is 4.24. The van der Waals surface area contributed by atoms with Crippen molar-refractivity contribution in [1.29, 1.82) is 0 Å². The summed E-state index contributed by atoms with van der Waals surface area (Å²) in [6, 6.07) is 10.2. The van der Waals surface area contributed by atoms with E-state index in [-0.39, 0.29) is 0 Å². The summed E-state index contributed by atoms with van der Waals surface area (Å²) in [6.45, 7) is 5.23. The van der Waals surface area contributed by atoms with Gasteiger partial charge in [0.2, 0.25) is 0 Å². The van der Waals surface area contributed by atoms with Crippen LogP contribution in [0.4, 0.5) is 17.3 Å². The van der Waals surface area contributed by atoms with Crippen LogP contribution < -0.4 is 10.6 Å². The molecule has 1 heterocycles. The Balaban J connectivity index is 1.93. The smallest absolute Gasteiger partial charge is 0.135 e. The number of nitrogens with one attached hydrogen (secondary N) is 2. The molecule has 2 aromatic rings. The zero-order chi connectivity index (χ0) is 14.2. The minimum atomic E-state index is 0.807. The normalized spacial score (nSPS) is 10.3. The largest absolute Gasteiger partial charge is 0.370 e. The predicted octanol–water partition coefficient (Wildman–Crippen LogP) is 4.13. The van der Waals surface area contributed by atoms with Crippen LogP contribution >= 0.6 is 0 Å². The minimum Gasteiger partial charge on any atom is -0.370 e. The van der Waals surface area contributed by atoms with Crippen molar-refractivity contribution in [3.8, 4) is 0 Å². The van der Waals surface area contributed by atoms with E-state index < -0.39 is 0 Å². The van der Waals surface area contributed by atoms with Crippen LogP contribution in [0.1, 0.15) is 31.7 Å². The molecule has 0 aliphatic carbocycles. The van der Waals surface area contributed by atoms with Gasteiger partial charge in [0.25, 0.3) is 0 Å². The van der Waals surface area contributed by atoms with Crippen molar-refractivity contribution < 1.29 is 0 Å². The molecule has 0 amide bonds. The number of benzene rings is 1. The van der Waals surface area contributed by atoms with Gasteiger partial charge in [0.05, 0.1) is 0 Å². The molecule has 1 aromatic heterocycles. The Hall–Kier alpha value is -2.10. The maximum absolute atomic E-state index is 4.24. The van der Waals surface area contributed by atoms with Gasteiger partial charge in [0.1, 0.15) is 18.0 Å². The molecule has 2 rings (SSSR count). The molecule has 0 saturated carbocycles. The number of unbranched alkanes of at least 4 members (excludes halogenated alkanes) is 2. The van der Waals surface area contributed by atoms with E-state index in [1.807, 2.05) is 18.2 Å². The first kappa shape index (κ1) is 14.3. The quantitative estimate of drug-likeness (QED) is 0.743. The van der Waals surface area contributed by atoms with E-state index in [1.165, 1.54) is 24.8 Å². The average molecular weight is 270 g/mol. The predicted molar refractivity (Wildman–Crippen MR) is 84.5 cm³/mol. The SMILES string of the molecule is CCCCCNc1cc(Nc2ccc(C)cc2)ncn1. The van der Waals surface area contributed by atoms with Crippen LogP contribution in [0.2, 0.25) is 0 Å². The molecular weight excluding hydrogens is 248 g/mol. The number of anilines is 3. The molecule has 20 heavy (non-hydrogen) atoms. The molecule has 106 valence electrons. The molecule has 0 unspecified atom stereocenters. The van der Waals surface area contributed by atoms with E-state index in [2.05, 4.69) is 46.6 Å². The molecule has 0 radical (unpaired) electrons. The second-order valence-corrected chi connectivity index (χ2v) is 4.91. The second kappa shape index (κ2) is 7.48. The Morgan fingerprint density at radius 1 is 1.00 bits per heavy atom. The molecule has 0 fully saturated rings. The van der Waals surface area contributed by atoms with Gasteiger partial charge in [-0.3, -0.25) is 0 Å². The highest BCUT2D eigenvalue weighted by Crippen LogP contribution is 2.16. The Morgan fingerprint density at radius 2 is 1.75 bits per heavy atom. The molecular formula is C16H22N4. The van der Waals surface area contributed by atoms with Gasteiger partial charge in [-0.05, 0) is 25.5 Å². The van der Waals surface area contributed by atoms with Crippen LogP contribution in [0, 0.1) is 6.92 Å². The van der Waals surface area contributed by atoms with Crippen LogP contribution in [-0.2, 0) is 0 Å². The van der Waals surface area contributed by atoms with E-state index in [0.29, 0.717) is 0 Å². The van der Waals surface area contributed by atoms with E-state index in [4.69, 9.17) is 0 Å². The summed E-state index contributed by atoms with van der Waals surface area (Å²) in [5, 5.41) is 6.61. The lowest BCUT2D eigenvalue weighted by atomic mass is 10.2. The first-order valence-electron chi connectivity index (χ1n) is 7.17. The first-order valence-corrected chi connectivity index (χ1v) is 7.17. The lowest BCUT2D eigenvalue weighted by Crippen LogP contribution is -2.04. The molecule has 0 bridgehead atoms. The Labute approximate surface area is 120 Å². The molecule has 0 aliphatic heterocycles. The second-order valence-electron chi connectivity index (χ2n) is 4.91. The van der Waals surface area contributed by atoms with Gasteiger partial charge in [0.15, 0.2) is 0 Å². The zero-order valence-corrected chi connectivity index (χ0v) is 12.2. The van der Waals surface area contributed by atoms with Crippen LogP contribution in [0.5, 0.6) is 0 Å². The third-order valence-electron chi connectivity index (χ3n) is 3.08. The van der Waals surface area contributed by atoms with Crippen LogP contribution in [0.15, 0.2) is 36.7 Å². The number of rotatable bonds is 7. The zero-order valence-electron chi connectivity index (χ0n) is 12.2. The van der Waals surface area contributed by atoms with Gasteiger partial charge in [-0.1, -0.05) is 37.5 Å². The van der Waals surface area contributed by atoms with Crippen molar-refractivity contribution in [2.75, 3.05) is 17.2 Å².